The molecule has 20 heavy (non-hydrogen) atoms. The molecule has 1 unspecified atom stereocenters. The minimum absolute atomic E-state index is 0.634. The fourth-order valence-corrected chi connectivity index (χ4v) is 4.95. The predicted octanol–water partition coefficient (Wildman–Crippen LogP) is 3.98. The zero-order valence-electron chi connectivity index (χ0n) is 12.9. The number of nitrogens with one attached hydrogen (secondary N) is 1. The van der Waals surface area contributed by atoms with E-state index in [2.05, 4.69) is 35.5 Å². The molecule has 1 aliphatic carbocycles. The van der Waals surface area contributed by atoms with Gasteiger partial charge in [0.25, 0.3) is 0 Å². The van der Waals surface area contributed by atoms with Gasteiger partial charge in [0.05, 0.1) is 0 Å². The standard InChI is InChI=1S/C17H28N2S/c1-3-10-18-14-4-6-15(7-5-14)19-11-8-17-16(13(19)2)9-12-20-17/h9,12-15,18H,3-8,10-11H2,1-2H3. The van der Waals surface area contributed by atoms with Gasteiger partial charge in [-0.05, 0) is 69.0 Å². The summed E-state index contributed by atoms with van der Waals surface area (Å²) in [6.07, 6.45) is 8.01. The third-order valence-corrected chi connectivity index (χ3v) is 6.17. The van der Waals surface area contributed by atoms with Crippen molar-refractivity contribution in [1.29, 1.82) is 0 Å². The van der Waals surface area contributed by atoms with Crippen molar-refractivity contribution in [2.75, 3.05) is 13.1 Å². The largest absolute Gasteiger partial charge is 0.314 e. The maximum Gasteiger partial charge on any atom is 0.0333 e. The number of nitrogens with zero attached hydrogens (tertiary/aromatic N) is 1. The van der Waals surface area contributed by atoms with Gasteiger partial charge in [0.15, 0.2) is 0 Å². The van der Waals surface area contributed by atoms with Gasteiger partial charge < -0.3 is 5.32 Å². The topological polar surface area (TPSA) is 15.3 Å². The Hall–Kier alpha value is -0.380. The van der Waals surface area contributed by atoms with Crippen LogP contribution in [0.4, 0.5) is 0 Å². The normalized spacial score (nSPS) is 31.2. The van der Waals surface area contributed by atoms with Crippen LogP contribution in [0.2, 0.25) is 0 Å². The second-order valence-corrected chi connectivity index (χ2v) is 7.42. The minimum Gasteiger partial charge on any atom is -0.314 e. The van der Waals surface area contributed by atoms with Crippen molar-refractivity contribution in [2.45, 2.75) is 70.5 Å². The van der Waals surface area contributed by atoms with Gasteiger partial charge in [0.2, 0.25) is 0 Å². The van der Waals surface area contributed by atoms with E-state index < -0.39 is 0 Å². The quantitative estimate of drug-likeness (QED) is 0.903. The summed E-state index contributed by atoms with van der Waals surface area (Å²) in [7, 11) is 0. The first-order valence-corrected chi connectivity index (χ1v) is 9.23. The van der Waals surface area contributed by atoms with Crippen molar-refractivity contribution >= 4 is 11.3 Å². The number of rotatable bonds is 4. The SMILES string of the molecule is CCCNC1CCC(N2CCc3sccc3C2C)CC1. The molecule has 1 saturated carbocycles. The lowest BCUT2D eigenvalue weighted by molar-refractivity contribution is 0.0970. The van der Waals surface area contributed by atoms with Gasteiger partial charge in [-0.3, -0.25) is 4.90 Å². The van der Waals surface area contributed by atoms with Crippen molar-refractivity contribution < 1.29 is 0 Å². The molecule has 1 aromatic rings. The number of thiophene rings is 1. The molecule has 0 saturated heterocycles. The van der Waals surface area contributed by atoms with Crippen LogP contribution >= 0.6 is 11.3 Å². The van der Waals surface area contributed by atoms with Crippen LogP contribution in [0.3, 0.4) is 0 Å². The van der Waals surface area contributed by atoms with E-state index in [1.807, 2.05) is 11.3 Å². The summed E-state index contributed by atoms with van der Waals surface area (Å²) >= 11 is 1.95. The first kappa shape index (κ1) is 14.6. The first-order chi connectivity index (χ1) is 9.79. The molecule has 0 radical (unpaired) electrons. The Balaban J connectivity index is 1.56. The first-order valence-electron chi connectivity index (χ1n) is 8.35. The molecular weight excluding hydrogens is 264 g/mol. The Kier molecular flexibility index (Phi) is 4.79. The summed E-state index contributed by atoms with van der Waals surface area (Å²) < 4.78 is 0. The number of hydrogen-bond donors (Lipinski definition) is 1. The monoisotopic (exact) mass is 292 g/mol. The molecule has 2 heterocycles. The van der Waals surface area contributed by atoms with Crippen LogP contribution in [-0.4, -0.2) is 30.1 Å². The highest BCUT2D eigenvalue weighted by Gasteiger charge is 2.32. The average molecular weight is 292 g/mol. The predicted molar refractivity (Wildman–Crippen MR) is 87.5 cm³/mol. The Morgan fingerprint density at radius 2 is 2.10 bits per heavy atom. The summed E-state index contributed by atoms with van der Waals surface area (Å²) in [6.45, 7) is 7.12. The van der Waals surface area contributed by atoms with E-state index in [0.717, 1.165) is 12.1 Å². The molecule has 0 amide bonds. The molecule has 1 N–H and O–H groups in total. The van der Waals surface area contributed by atoms with E-state index in [-0.39, 0.29) is 0 Å². The summed E-state index contributed by atoms with van der Waals surface area (Å²) in [6, 6.07) is 4.58. The molecule has 0 aromatic carbocycles. The van der Waals surface area contributed by atoms with Crippen molar-refractivity contribution in [3.63, 3.8) is 0 Å². The smallest absolute Gasteiger partial charge is 0.0333 e. The average Bonchev–Trinajstić information content (AvgIpc) is 2.96. The Morgan fingerprint density at radius 1 is 1.30 bits per heavy atom. The summed E-state index contributed by atoms with van der Waals surface area (Å²) in [5.74, 6) is 0. The van der Waals surface area contributed by atoms with E-state index in [9.17, 15) is 0 Å². The molecule has 2 aliphatic rings. The highest BCUT2D eigenvalue weighted by molar-refractivity contribution is 7.10. The number of hydrogen-bond acceptors (Lipinski definition) is 3. The molecule has 1 aliphatic heterocycles. The molecule has 1 atom stereocenters. The Morgan fingerprint density at radius 3 is 2.85 bits per heavy atom. The molecule has 1 aromatic heterocycles. The minimum atomic E-state index is 0.634. The van der Waals surface area contributed by atoms with Crippen molar-refractivity contribution in [1.82, 2.24) is 10.2 Å². The van der Waals surface area contributed by atoms with Gasteiger partial charge in [-0.15, -0.1) is 11.3 Å². The third-order valence-electron chi connectivity index (χ3n) is 5.17. The van der Waals surface area contributed by atoms with Crippen molar-refractivity contribution in [3.05, 3.63) is 21.9 Å². The Labute approximate surface area is 127 Å². The Bertz CT molecular complexity index is 420. The van der Waals surface area contributed by atoms with Gasteiger partial charge in [-0.25, -0.2) is 0 Å². The van der Waals surface area contributed by atoms with Crippen LogP contribution < -0.4 is 5.32 Å². The van der Waals surface area contributed by atoms with Crippen LogP contribution in [0.5, 0.6) is 0 Å². The molecule has 0 spiro atoms. The molecule has 3 heteroatoms. The lowest BCUT2D eigenvalue weighted by atomic mass is 9.87. The molecule has 2 nitrogen and oxygen atoms in total. The third kappa shape index (κ3) is 2.95. The maximum atomic E-state index is 3.70. The summed E-state index contributed by atoms with van der Waals surface area (Å²) in [4.78, 5) is 4.41. The lowest BCUT2D eigenvalue weighted by Crippen LogP contribution is -2.45. The molecule has 0 bridgehead atoms. The van der Waals surface area contributed by atoms with Gasteiger partial charge in [-0.2, -0.15) is 0 Å². The van der Waals surface area contributed by atoms with Crippen LogP contribution in [-0.2, 0) is 6.42 Å². The van der Waals surface area contributed by atoms with Gasteiger partial charge in [-0.1, -0.05) is 6.92 Å². The maximum absolute atomic E-state index is 3.70. The second kappa shape index (κ2) is 6.59. The van der Waals surface area contributed by atoms with Crippen LogP contribution in [0.1, 0.15) is 62.4 Å². The zero-order chi connectivity index (χ0) is 13.9. The van der Waals surface area contributed by atoms with E-state index in [1.54, 1.807) is 10.4 Å². The van der Waals surface area contributed by atoms with E-state index in [4.69, 9.17) is 0 Å². The molecule has 112 valence electrons. The van der Waals surface area contributed by atoms with Gasteiger partial charge >= 0.3 is 0 Å². The highest BCUT2D eigenvalue weighted by Crippen LogP contribution is 2.37. The van der Waals surface area contributed by atoms with Gasteiger partial charge in [0.1, 0.15) is 0 Å². The number of fused-ring (bicyclic) bond motifs is 1. The summed E-state index contributed by atoms with van der Waals surface area (Å²) in [5, 5.41) is 5.97. The van der Waals surface area contributed by atoms with Gasteiger partial charge in [0, 0.05) is 29.5 Å². The molecule has 1 fully saturated rings. The molecular formula is C17H28N2S. The van der Waals surface area contributed by atoms with Crippen LogP contribution in [0, 0.1) is 0 Å². The fourth-order valence-electron chi connectivity index (χ4n) is 3.99. The van der Waals surface area contributed by atoms with Crippen molar-refractivity contribution in [2.24, 2.45) is 0 Å². The van der Waals surface area contributed by atoms with E-state index in [0.29, 0.717) is 6.04 Å². The highest BCUT2D eigenvalue weighted by atomic mass is 32.1. The zero-order valence-corrected chi connectivity index (χ0v) is 13.7. The van der Waals surface area contributed by atoms with Crippen LogP contribution in [0.25, 0.3) is 0 Å². The summed E-state index contributed by atoms with van der Waals surface area (Å²) in [5.41, 5.74) is 1.60. The van der Waals surface area contributed by atoms with E-state index >= 15 is 0 Å². The second-order valence-electron chi connectivity index (χ2n) is 6.42. The van der Waals surface area contributed by atoms with Crippen molar-refractivity contribution in [3.8, 4) is 0 Å². The van der Waals surface area contributed by atoms with Crippen LogP contribution in [0.15, 0.2) is 11.4 Å². The fraction of sp³-hybridized carbons (Fsp3) is 0.765. The molecule has 3 rings (SSSR count). The lowest BCUT2D eigenvalue weighted by Gasteiger charge is -2.42. The van der Waals surface area contributed by atoms with E-state index in [1.165, 1.54) is 51.6 Å².